The van der Waals surface area contributed by atoms with Crippen molar-refractivity contribution in [3.05, 3.63) is 0 Å². The lowest BCUT2D eigenvalue weighted by Gasteiger charge is -2.24. The van der Waals surface area contributed by atoms with Crippen molar-refractivity contribution in [3.8, 4) is 0 Å². The zero-order valence-corrected chi connectivity index (χ0v) is 11.9. The number of hydrogen-bond acceptors (Lipinski definition) is 3. The van der Waals surface area contributed by atoms with E-state index in [4.69, 9.17) is 0 Å². The summed E-state index contributed by atoms with van der Waals surface area (Å²) in [7, 11) is 4.39. The third-order valence-corrected chi connectivity index (χ3v) is 3.39. The van der Waals surface area contributed by atoms with Crippen molar-refractivity contribution in [2.75, 3.05) is 40.3 Å². The molecule has 1 N–H and O–H groups in total. The molecule has 0 saturated carbocycles. The summed E-state index contributed by atoms with van der Waals surface area (Å²) in [6.45, 7) is 13.8. The average molecular weight is 227 g/mol. The predicted octanol–water partition coefficient (Wildman–Crippen LogP) is 1.26. The number of nitrogens with one attached hydrogen (secondary N) is 1. The second kappa shape index (κ2) is 5.48. The van der Waals surface area contributed by atoms with Crippen molar-refractivity contribution in [2.24, 2.45) is 5.92 Å². The molecule has 3 nitrogen and oxygen atoms in total. The maximum absolute atomic E-state index is 3.55. The van der Waals surface area contributed by atoms with Gasteiger partial charge in [-0.25, -0.2) is 0 Å². The zero-order chi connectivity index (χ0) is 12.3. The average Bonchev–Trinajstić information content (AvgIpc) is 2.44. The number of likely N-dealkylation sites (tertiary alicyclic amines) is 1. The van der Waals surface area contributed by atoms with Crippen LogP contribution in [0, 0.1) is 5.92 Å². The molecule has 1 heterocycles. The molecule has 0 spiro atoms. The summed E-state index contributed by atoms with van der Waals surface area (Å²) in [5.74, 6) is 0.796. The molecule has 0 amide bonds. The number of likely N-dealkylation sites (N-methyl/N-ethyl adjacent to an activating group) is 1. The smallest absolute Gasteiger partial charge is 0.0254 e. The highest BCUT2D eigenvalue weighted by molar-refractivity contribution is 4.87. The Kier molecular flexibility index (Phi) is 4.77. The van der Waals surface area contributed by atoms with Crippen molar-refractivity contribution >= 4 is 0 Å². The summed E-state index contributed by atoms with van der Waals surface area (Å²) >= 11 is 0. The van der Waals surface area contributed by atoms with Gasteiger partial charge in [0.15, 0.2) is 0 Å². The Balaban J connectivity index is 2.26. The maximum Gasteiger partial charge on any atom is 0.0254 e. The quantitative estimate of drug-likeness (QED) is 0.780. The van der Waals surface area contributed by atoms with Crippen LogP contribution in [-0.4, -0.2) is 61.7 Å². The molecule has 0 aromatic heterocycles. The van der Waals surface area contributed by atoms with Crippen LogP contribution in [0.2, 0.25) is 0 Å². The van der Waals surface area contributed by atoms with Crippen molar-refractivity contribution in [2.45, 2.75) is 39.3 Å². The molecular formula is C13H29N3. The van der Waals surface area contributed by atoms with Crippen LogP contribution < -0.4 is 5.32 Å². The molecule has 2 unspecified atom stereocenters. The fourth-order valence-corrected chi connectivity index (χ4v) is 2.49. The maximum atomic E-state index is 3.55. The minimum Gasteiger partial charge on any atom is -0.311 e. The van der Waals surface area contributed by atoms with Gasteiger partial charge in [0.2, 0.25) is 0 Å². The van der Waals surface area contributed by atoms with Crippen LogP contribution in [-0.2, 0) is 0 Å². The molecule has 3 heteroatoms. The monoisotopic (exact) mass is 227 g/mol. The van der Waals surface area contributed by atoms with Gasteiger partial charge in [0.05, 0.1) is 0 Å². The van der Waals surface area contributed by atoms with Crippen LogP contribution in [0.4, 0.5) is 0 Å². The Morgan fingerprint density at radius 1 is 1.25 bits per heavy atom. The SMILES string of the molecule is CC1CN(CCNC(C)(C)C)CC1N(C)C. The Hall–Kier alpha value is -0.120. The highest BCUT2D eigenvalue weighted by Crippen LogP contribution is 2.19. The van der Waals surface area contributed by atoms with Gasteiger partial charge in [-0.3, -0.25) is 0 Å². The summed E-state index contributed by atoms with van der Waals surface area (Å²) in [5, 5.41) is 3.55. The van der Waals surface area contributed by atoms with Crippen molar-refractivity contribution in [1.82, 2.24) is 15.1 Å². The fraction of sp³-hybridized carbons (Fsp3) is 1.00. The summed E-state index contributed by atoms with van der Waals surface area (Å²) in [6.07, 6.45) is 0. The summed E-state index contributed by atoms with van der Waals surface area (Å²) in [4.78, 5) is 4.94. The number of rotatable bonds is 4. The molecule has 0 radical (unpaired) electrons. The van der Waals surface area contributed by atoms with Crippen molar-refractivity contribution < 1.29 is 0 Å². The van der Waals surface area contributed by atoms with Crippen LogP contribution in [0.3, 0.4) is 0 Å². The van der Waals surface area contributed by atoms with E-state index in [1.165, 1.54) is 19.6 Å². The lowest BCUT2D eigenvalue weighted by Crippen LogP contribution is -2.41. The van der Waals surface area contributed by atoms with Crippen molar-refractivity contribution in [1.29, 1.82) is 0 Å². The Bertz CT molecular complexity index is 208. The molecule has 1 saturated heterocycles. The number of hydrogen-bond donors (Lipinski definition) is 1. The van der Waals surface area contributed by atoms with E-state index in [-0.39, 0.29) is 5.54 Å². The normalized spacial score (nSPS) is 27.9. The molecular weight excluding hydrogens is 198 g/mol. The first-order valence-corrected chi connectivity index (χ1v) is 6.43. The van der Waals surface area contributed by atoms with Gasteiger partial charge in [-0.15, -0.1) is 0 Å². The molecule has 16 heavy (non-hydrogen) atoms. The zero-order valence-electron chi connectivity index (χ0n) is 11.9. The van der Waals surface area contributed by atoms with Gasteiger partial charge in [0.25, 0.3) is 0 Å². The highest BCUT2D eigenvalue weighted by Gasteiger charge is 2.30. The minimum absolute atomic E-state index is 0.242. The standard InChI is InChI=1S/C13H29N3/c1-11-9-16(10-12(11)15(5)6)8-7-14-13(2,3)4/h11-12,14H,7-10H2,1-6H3. The molecule has 1 aliphatic heterocycles. The van der Waals surface area contributed by atoms with E-state index in [0.717, 1.165) is 18.5 Å². The van der Waals surface area contributed by atoms with E-state index in [1.54, 1.807) is 0 Å². The number of nitrogens with zero attached hydrogens (tertiary/aromatic N) is 2. The van der Waals surface area contributed by atoms with E-state index < -0.39 is 0 Å². The van der Waals surface area contributed by atoms with Crippen molar-refractivity contribution in [3.63, 3.8) is 0 Å². The molecule has 0 aromatic rings. The van der Waals surface area contributed by atoms with Crippen LogP contribution in [0.5, 0.6) is 0 Å². The Morgan fingerprint density at radius 3 is 2.31 bits per heavy atom. The summed E-state index contributed by atoms with van der Waals surface area (Å²) in [6, 6.07) is 0.731. The topological polar surface area (TPSA) is 18.5 Å². The van der Waals surface area contributed by atoms with Crippen LogP contribution in [0.25, 0.3) is 0 Å². The molecule has 1 fully saturated rings. The van der Waals surface area contributed by atoms with Gasteiger partial charge in [0, 0.05) is 37.8 Å². The summed E-state index contributed by atoms with van der Waals surface area (Å²) < 4.78 is 0. The second-order valence-corrected chi connectivity index (χ2v) is 6.44. The van der Waals surface area contributed by atoms with E-state index in [1.807, 2.05) is 0 Å². The van der Waals surface area contributed by atoms with Crippen LogP contribution in [0.1, 0.15) is 27.7 Å². The first kappa shape index (κ1) is 13.9. The van der Waals surface area contributed by atoms with Gasteiger partial charge in [-0.1, -0.05) is 6.92 Å². The van der Waals surface area contributed by atoms with Gasteiger partial charge >= 0.3 is 0 Å². The largest absolute Gasteiger partial charge is 0.311 e. The Labute approximate surface area is 101 Å². The molecule has 0 bridgehead atoms. The molecule has 2 atom stereocenters. The van der Waals surface area contributed by atoms with Gasteiger partial charge in [-0.2, -0.15) is 0 Å². The fourth-order valence-electron chi connectivity index (χ4n) is 2.49. The van der Waals surface area contributed by atoms with Gasteiger partial charge < -0.3 is 15.1 Å². The predicted molar refractivity (Wildman–Crippen MR) is 70.8 cm³/mol. The highest BCUT2D eigenvalue weighted by atomic mass is 15.2. The minimum atomic E-state index is 0.242. The molecule has 0 aliphatic carbocycles. The van der Waals surface area contributed by atoms with E-state index in [0.29, 0.717) is 0 Å². The lowest BCUT2D eigenvalue weighted by atomic mass is 10.1. The van der Waals surface area contributed by atoms with Gasteiger partial charge in [0.1, 0.15) is 0 Å². The van der Waals surface area contributed by atoms with Gasteiger partial charge in [-0.05, 0) is 40.8 Å². The summed E-state index contributed by atoms with van der Waals surface area (Å²) in [5.41, 5.74) is 0.242. The molecule has 96 valence electrons. The van der Waals surface area contributed by atoms with E-state index in [9.17, 15) is 0 Å². The lowest BCUT2D eigenvalue weighted by molar-refractivity contribution is 0.249. The first-order chi connectivity index (χ1) is 7.29. The third-order valence-electron chi connectivity index (χ3n) is 3.39. The molecule has 1 aliphatic rings. The Morgan fingerprint density at radius 2 is 1.88 bits per heavy atom. The molecule has 1 rings (SSSR count). The van der Waals surface area contributed by atoms with Crippen LogP contribution >= 0.6 is 0 Å². The van der Waals surface area contributed by atoms with E-state index >= 15 is 0 Å². The third kappa shape index (κ3) is 4.40. The van der Waals surface area contributed by atoms with E-state index in [2.05, 4.69) is 56.9 Å². The van der Waals surface area contributed by atoms with Crippen LogP contribution in [0.15, 0.2) is 0 Å². The first-order valence-electron chi connectivity index (χ1n) is 6.43. The second-order valence-electron chi connectivity index (χ2n) is 6.44. The molecule has 0 aromatic carbocycles.